The zero-order valence-electron chi connectivity index (χ0n) is 9.73. The van der Waals surface area contributed by atoms with Crippen LogP contribution in [0.2, 0.25) is 0 Å². The number of piperidine rings is 1. The number of carbonyl (C=O) groups is 1. The fourth-order valence-electron chi connectivity index (χ4n) is 2.74. The van der Waals surface area contributed by atoms with E-state index < -0.39 is 0 Å². The lowest BCUT2D eigenvalue weighted by Crippen LogP contribution is -2.40. The fraction of sp³-hybridized carbons (Fsp3) is 0.500. The van der Waals surface area contributed by atoms with E-state index in [1.54, 1.807) is 0 Å². The number of rotatable bonds is 2. The van der Waals surface area contributed by atoms with Crippen LogP contribution in [0.1, 0.15) is 37.3 Å². The average Bonchev–Trinajstić information content (AvgIpc) is 3.14. The van der Waals surface area contributed by atoms with Gasteiger partial charge in [0.05, 0.1) is 6.04 Å². The first-order valence-corrected chi connectivity index (χ1v) is 7.09. The molecule has 3 rings (SSSR count). The van der Waals surface area contributed by atoms with Crippen LogP contribution in [0.15, 0.2) is 28.7 Å². The third-order valence-electron chi connectivity index (χ3n) is 3.69. The van der Waals surface area contributed by atoms with Crippen molar-refractivity contribution in [3.05, 3.63) is 34.3 Å². The minimum atomic E-state index is -0.00757. The summed E-state index contributed by atoms with van der Waals surface area (Å²) >= 11 is 3.58. The molecule has 1 aliphatic carbocycles. The molecule has 0 spiro atoms. The van der Waals surface area contributed by atoms with Crippen molar-refractivity contribution in [2.45, 2.75) is 37.8 Å². The molecule has 1 heterocycles. The van der Waals surface area contributed by atoms with Crippen molar-refractivity contribution in [2.75, 3.05) is 6.54 Å². The highest BCUT2D eigenvalue weighted by Crippen LogP contribution is 2.40. The zero-order chi connectivity index (χ0) is 11.8. The van der Waals surface area contributed by atoms with Crippen LogP contribution >= 0.6 is 15.9 Å². The first-order valence-electron chi connectivity index (χ1n) is 6.30. The van der Waals surface area contributed by atoms with E-state index in [4.69, 9.17) is 0 Å². The van der Waals surface area contributed by atoms with E-state index in [2.05, 4.69) is 26.9 Å². The minimum absolute atomic E-state index is 0.00757. The normalized spacial score (nSPS) is 26.2. The Hall–Kier alpha value is -0.670. The number of benzene rings is 1. The quantitative estimate of drug-likeness (QED) is 0.834. The number of hydrogen-bond acceptors (Lipinski definition) is 2. The van der Waals surface area contributed by atoms with Crippen molar-refractivity contribution in [2.24, 2.45) is 0 Å². The number of halogens is 1. The summed E-state index contributed by atoms with van der Waals surface area (Å²) < 4.78 is 1.06. The van der Waals surface area contributed by atoms with Gasteiger partial charge in [-0.05, 0) is 37.4 Å². The number of hydrogen-bond donors (Lipinski definition) is 0. The van der Waals surface area contributed by atoms with Gasteiger partial charge in [-0.3, -0.25) is 9.69 Å². The molecule has 0 radical (unpaired) electrons. The number of nitrogens with zero attached hydrogens (tertiary/aromatic N) is 1. The lowest BCUT2D eigenvalue weighted by molar-refractivity contribution is -0.127. The number of ketones is 1. The van der Waals surface area contributed by atoms with Crippen molar-refractivity contribution in [3.8, 4) is 0 Å². The molecule has 2 nitrogen and oxygen atoms in total. The van der Waals surface area contributed by atoms with Crippen molar-refractivity contribution < 1.29 is 4.79 Å². The molecule has 1 unspecified atom stereocenters. The molecule has 0 N–H and O–H groups in total. The smallest absolute Gasteiger partial charge is 0.154 e. The monoisotopic (exact) mass is 293 g/mol. The summed E-state index contributed by atoms with van der Waals surface area (Å²) in [6, 6.07) is 8.77. The predicted molar refractivity (Wildman–Crippen MR) is 70.9 cm³/mol. The Kier molecular flexibility index (Phi) is 3.05. The van der Waals surface area contributed by atoms with Crippen LogP contribution in [0.5, 0.6) is 0 Å². The standard InChI is InChI=1S/C14H16BrNO/c15-12-5-2-1-4-11(12)14-13(17)6-3-9-16(14)10-7-8-10/h1-2,4-5,10,14H,3,6-9H2. The maximum atomic E-state index is 12.2. The maximum Gasteiger partial charge on any atom is 0.154 e. The molecule has 3 heteroatoms. The van der Waals surface area contributed by atoms with Gasteiger partial charge >= 0.3 is 0 Å². The minimum Gasteiger partial charge on any atom is -0.298 e. The van der Waals surface area contributed by atoms with Gasteiger partial charge in [-0.2, -0.15) is 0 Å². The van der Waals surface area contributed by atoms with Crippen LogP contribution in [0.3, 0.4) is 0 Å². The van der Waals surface area contributed by atoms with Gasteiger partial charge < -0.3 is 0 Å². The molecule has 1 aliphatic heterocycles. The van der Waals surface area contributed by atoms with E-state index in [-0.39, 0.29) is 6.04 Å². The summed E-state index contributed by atoms with van der Waals surface area (Å²) in [6.07, 6.45) is 4.27. The van der Waals surface area contributed by atoms with E-state index in [0.717, 1.165) is 29.4 Å². The second-order valence-corrected chi connectivity index (χ2v) is 5.82. The van der Waals surface area contributed by atoms with Crippen LogP contribution in [-0.2, 0) is 4.79 Å². The molecular weight excluding hydrogens is 278 g/mol. The number of carbonyl (C=O) groups excluding carboxylic acids is 1. The molecule has 2 aliphatic rings. The van der Waals surface area contributed by atoms with Crippen molar-refractivity contribution >= 4 is 21.7 Å². The third-order valence-corrected chi connectivity index (χ3v) is 4.41. The average molecular weight is 294 g/mol. The topological polar surface area (TPSA) is 20.3 Å². The summed E-state index contributed by atoms with van der Waals surface area (Å²) in [5.74, 6) is 0.384. The fourth-order valence-corrected chi connectivity index (χ4v) is 3.24. The molecule has 1 aromatic carbocycles. The molecule has 1 aromatic rings. The van der Waals surface area contributed by atoms with E-state index in [1.165, 1.54) is 12.8 Å². The highest BCUT2D eigenvalue weighted by Gasteiger charge is 2.40. The van der Waals surface area contributed by atoms with E-state index in [0.29, 0.717) is 11.8 Å². The largest absolute Gasteiger partial charge is 0.298 e. The van der Waals surface area contributed by atoms with Gasteiger partial charge in [-0.1, -0.05) is 34.1 Å². The second kappa shape index (κ2) is 4.54. The molecular formula is C14H16BrNO. The predicted octanol–water partition coefficient (Wildman–Crippen LogP) is 3.32. The Bertz CT molecular complexity index is 442. The lowest BCUT2D eigenvalue weighted by atomic mass is 9.94. The summed E-state index contributed by atoms with van der Waals surface area (Å²) in [7, 11) is 0. The highest BCUT2D eigenvalue weighted by atomic mass is 79.9. The van der Waals surface area contributed by atoms with Gasteiger partial charge in [0.15, 0.2) is 5.78 Å². The molecule has 17 heavy (non-hydrogen) atoms. The Morgan fingerprint density at radius 3 is 2.71 bits per heavy atom. The van der Waals surface area contributed by atoms with Crippen LogP contribution in [0.25, 0.3) is 0 Å². The highest BCUT2D eigenvalue weighted by molar-refractivity contribution is 9.10. The first-order chi connectivity index (χ1) is 8.27. The Balaban J connectivity index is 1.96. The Morgan fingerprint density at radius 2 is 2.00 bits per heavy atom. The van der Waals surface area contributed by atoms with E-state index >= 15 is 0 Å². The molecule has 1 saturated carbocycles. The maximum absolute atomic E-state index is 12.2. The van der Waals surface area contributed by atoms with Crippen LogP contribution < -0.4 is 0 Å². The second-order valence-electron chi connectivity index (χ2n) is 4.96. The van der Waals surface area contributed by atoms with Crippen LogP contribution in [-0.4, -0.2) is 23.3 Å². The van der Waals surface area contributed by atoms with Gasteiger partial charge in [0.1, 0.15) is 0 Å². The molecule has 0 aromatic heterocycles. The zero-order valence-corrected chi connectivity index (χ0v) is 11.3. The molecule has 1 saturated heterocycles. The molecule has 0 amide bonds. The van der Waals surface area contributed by atoms with Gasteiger partial charge in [-0.15, -0.1) is 0 Å². The Morgan fingerprint density at radius 1 is 1.24 bits per heavy atom. The molecule has 2 fully saturated rings. The van der Waals surface area contributed by atoms with Crippen LogP contribution in [0, 0.1) is 0 Å². The Labute approximate surface area is 110 Å². The van der Waals surface area contributed by atoms with Gasteiger partial charge in [0.2, 0.25) is 0 Å². The van der Waals surface area contributed by atoms with Crippen molar-refractivity contribution in [3.63, 3.8) is 0 Å². The van der Waals surface area contributed by atoms with Crippen molar-refractivity contribution in [1.29, 1.82) is 0 Å². The number of Topliss-reactive ketones (excluding diaryl/α,β-unsaturated/α-hetero) is 1. The van der Waals surface area contributed by atoms with Gasteiger partial charge in [0.25, 0.3) is 0 Å². The summed E-state index contributed by atoms with van der Waals surface area (Å²) in [6.45, 7) is 1.07. The van der Waals surface area contributed by atoms with Crippen molar-refractivity contribution in [1.82, 2.24) is 4.90 Å². The van der Waals surface area contributed by atoms with E-state index in [1.807, 2.05) is 18.2 Å². The molecule has 90 valence electrons. The third kappa shape index (κ3) is 2.18. The van der Waals surface area contributed by atoms with Crippen LogP contribution in [0.4, 0.5) is 0 Å². The summed E-state index contributed by atoms with van der Waals surface area (Å²) in [4.78, 5) is 14.6. The number of likely N-dealkylation sites (tertiary alicyclic amines) is 1. The summed E-state index contributed by atoms with van der Waals surface area (Å²) in [5.41, 5.74) is 1.14. The van der Waals surface area contributed by atoms with Gasteiger partial charge in [0, 0.05) is 16.9 Å². The SMILES string of the molecule is O=C1CCCN(C2CC2)C1c1ccccc1Br. The lowest BCUT2D eigenvalue weighted by Gasteiger charge is -2.35. The summed E-state index contributed by atoms with van der Waals surface area (Å²) in [5, 5.41) is 0. The molecule has 0 bridgehead atoms. The van der Waals surface area contributed by atoms with E-state index in [9.17, 15) is 4.79 Å². The van der Waals surface area contributed by atoms with Gasteiger partial charge in [-0.25, -0.2) is 0 Å². The first kappa shape index (κ1) is 11.4. The molecule has 1 atom stereocenters.